The topological polar surface area (TPSA) is 98.5 Å². The third-order valence-corrected chi connectivity index (χ3v) is 3.66. The zero-order chi connectivity index (χ0) is 20.9. The Kier molecular flexibility index (Phi) is 6.57. The molecule has 28 heavy (non-hydrogen) atoms. The van der Waals surface area contributed by atoms with Gasteiger partial charge in [-0.1, -0.05) is 23.7 Å². The maximum atomic E-state index is 12.5. The lowest BCUT2D eigenvalue weighted by Gasteiger charge is -2.09. The third-order valence-electron chi connectivity index (χ3n) is 3.42. The molecule has 0 saturated heterocycles. The monoisotopic (exact) mass is 416 g/mol. The molecule has 0 aromatic heterocycles. The number of nitro benzene ring substituents is 1. The summed E-state index contributed by atoms with van der Waals surface area (Å²) in [6.07, 6.45) is -4.83. The summed E-state index contributed by atoms with van der Waals surface area (Å²) in [6, 6.07) is 7.52. The molecule has 0 heterocycles. The number of ether oxygens (including phenoxy) is 1. The Morgan fingerprint density at radius 3 is 2.36 bits per heavy atom. The summed E-state index contributed by atoms with van der Waals surface area (Å²) in [7, 11) is 0. The molecule has 2 aromatic rings. The zero-order valence-electron chi connectivity index (χ0n) is 14.0. The van der Waals surface area contributed by atoms with Gasteiger partial charge < -0.3 is 10.1 Å². The van der Waals surface area contributed by atoms with E-state index in [-0.39, 0.29) is 22.7 Å². The number of benzene rings is 2. The zero-order valence-corrected chi connectivity index (χ0v) is 14.7. The Morgan fingerprint density at radius 2 is 1.79 bits per heavy atom. The van der Waals surface area contributed by atoms with E-state index in [0.29, 0.717) is 0 Å². The van der Waals surface area contributed by atoms with Crippen molar-refractivity contribution in [3.63, 3.8) is 0 Å². The van der Waals surface area contributed by atoms with Crippen LogP contribution in [0.1, 0.15) is 11.1 Å². The van der Waals surface area contributed by atoms with Crippen molar-refractivity contribution in [1.82, 2.24) is 0 Å². The molecule has 11 heteroatoms. The Labute approximate surface area is 161 Å². The van der Waals surface area contributed by atoms with Crippen LogP contribution in [0.15, 0.2) is 42.5 Å². The molecule has 7 nitrogen and oxygen atoms in total. The maximum Gasteiger partial charge on any atom is 0.416 e. The summed E-state index contributed by atoms with van der Waals surface area (Å²) < 4.78 is 42.2. The Morgan fingerprint density at radius 1 is 1.14 bits per heavy atom. The minimum atomic E-state index is -4.48. The van der Waals surface area contributed by atoms with Crippen LogP contribution in [0.3, 0.4) is 0 Å². The first-order valence-corrected chi connectivity index (χ1v) is 7.99. The summed E-state index contributed by atoms with van der Waals surface area (Å²) in [5.41, 5.74) is -1.14. The number of nitro groups is 1. The van der Waals surface area contributed by atoms with Crippen LogP contribution in [-0.4, -0.2) is 23.4 Å². The Hall–Kier alpha value is -3.14. The molecule has 0 radical (unpaired) electrons. The van der Waals surface area contributed by atoms with Gasteiger partial charge in [0.25, 0.3) is 11.6 Å². The number of anilines is 1. The number of esters is 1. The van der Waals surface area contributed by atoms with Crippen LogP contribution in [0, 0.1) is 10.1 Å². The average molecular weight is 417 g/mol. The minimum Gasteiger partial charge on any atom is -0.455 e. The van der Waals surface area contributed by atoms with Gasteiger partial charge in [-0.05, 0) is 29.8 Å². The van der Waals surface area contributed by atoms with Gasteiger partial charge in [-0.15, -0.1) is 0 Å². The number of carbonyl (C=O) groups is 2. The Balaban J connectivity index is 1.89. The van der Waals surface area contributed by atoms with E-state index in [1.165, 1.54) is 12.1 Å². The second-order valence-corrected chi connectivity index (χ2v) is 5.94. The van der Waals surface area contributed by atoms with Crippen LogP contribution in [0.2, 0.25) is 5.02 Å². The molecule has 0 bridgehead atoms. The summed E-state index contributed by atoms with van der Waals surface area (Å²) in [5, 5.41) is 13.3. The van der Waals surface area contributed by atoms with Crippen molar-refractivity contribution < 1.29 is 32.4 Å². The van der Waals surface area contributed by atoms with Gasteiger partial charge in [0.2, 0.25) is 0 Å². The van der Waals surface area contributed by atoms with E-state index in [1.807, 2.05) is 0 Å². The van der Waals surface area contributed by atoms with E-state index in [4.69, 9.17) is 16.3 Å². The van der Waals surface area contributed by atoms with E-state index in [9.17, 15) is 32.9 Å². The SMILES string of the molecule is O=C(COC(=O)Cc1ccc(C(F)(F)F)cc1)Nc1ccc(Cl)cc1[N+](=O)[O-]. The lowest BCUT2D eigenvalue weighted by atomic mass is 10.1. The molecule has 0 aliphatic heterocycles. The fourth-order valence-electron chi connectivity index (χ4n) is 2.12. The quantitative estimate of drug-likeness (QED) is 0.436. The maximum absolute atomic E-state index is 12.5. The molecule has 0 aliphatic rings. The highest BCUT2D eigenvalue weighted by atomic mass is 35.5. The van der Waals surface area contributed by atoms with E-state index < -0.39 is 40.8 Å². The van der Waals surface area contributed by atoms with E-state index in [2.05, 4.69) is 5.32 Å². The standard InChI is InChI=1S/C17H12ClF3N2O5/c18-12-5-6-13(14(8-12)23(26)27)22-15(24)9-28-16(25)7-10-1-3-11(4-2-10)17(19,20)21/h1-6,8H,7,9H2,(H,22,24). The lowest BCUT2D eigenvalue weighted by molar-refractivity contribution is -0.383. The predicted molar refractivity (Wildman–Crippen MR) is 92.8 cm³/mol. The number of carbonyl (C=O) groups excluding carboxylic acids is 2. The molecule has 2 aromatic carbocycles. The average Bonchev–Trinajstić information content (AvgIpc) is 2.61. The Bertz CT molecular complexity index is 901. The first-order chi connectivity index (χ1) is 13.1. The van der Waals surface area contributed by atoms with Gasteiger partial charge in [0.15, 0.2) is 6.61 Å². The van der Waals surface area contributed by atoms with Crippen LogP contribution >= 0.6 is 11.6 Å². The number of rotatable bonds is 6. The van der Waals surface area contributed by atoms with Crippen molar-refractivity contribution in [3.8, 4) is 0 Å². The van der Waals surface area contributed by atoms with Crippen molar-refractivity contribution >= 4 is 34.9 Å². The van der Waals surface area contributed by atoms with Crippen molar-refractivity contribution in [2.24, 2.45) is 0 Å². The van der Waals surface area contributed by atoms with Gasteiger partial charge in [0.1, 0.15) is 5.69 Å². The molecule has 1 amide bonds. The minimum absolute atomic E-state index is 0.104. The summed E-state index contributed by atoms with van der Waals surface area (Å²) >= 11 is 5.66. The van der Waals surface area contributed by atoms with Gasteiger partial charge in [-0.3, -0.25) is 19.7 Å². The fraction of sp³-hybridized carbons (Fsp3) is 0.176. The van der Waals surface area contributed by atoms with Gasteiger partial charge in [-0.2, -0.15) is 13.2 Å². The van der Waals surface area contributed by atoms with Crippen molar-refractivity contribution in [1.29, 1.82) is 0 Å². The van der Waals surface area contributed by atoms with Crippen molar-refractivity contribution in [2.45, 2.75) is 12.6 Å². The molecule has 0 unspecified atom stereocenters. The second-order valence-electron chi connectivity index (χ2n) is 5.50. The van der Waals surface area contributed by atoms with Crippen molar-refractivity contribution in [2.75, 3.05) is 11.9 Å². The number of hydrogen-bond acceptors (Lipinski definition) is 5. The van der Waals surface area contributed by atoms with Crippen LogP contribution in [0.5, 0.6) is 0 Å². The van der Waals surface area contributed by atoms with Crippen molar-refractivity contribution in [3.05, 3.63) is 68.7 Å². The van der Waals surface area contributed by atoms with E-state index in [1.54, 1.807) is 0 Å². The highest BCUT2D eigenvalue weighted by Crippen LogP contribution is 2.29. The first kappa shape index (κ1) is 21.2. The number of halogens is 4. The highest BCUT2D eigenvalue weighted by molar-refractivity contribution is 6.31. The molecule has 148 valence electrons. The molecule has 0 saturated carbocycles. The number of alkyl halides is 3. The lowest BCUT2D eigenvalue weighted by Crippen LogP contribution is -2.22. The molecule has 0 atom stereocenters. The predicted octanol–water partition coefficient (Wildman–Crippen LogP) is 3.99. The van der Waals surface area contributed by atoms with Crippen LogP contribution < -0.4 is 5.32 Å². The van der Waals surface area contributed by atoms with Crippen LogP contribution in [0.4, 0.5) is 24.5 Å². The summed E-state index contributed by atoms with van der Waals surface area (Å²) in [5.74, 6) is -1.67. The van der Waals surface area contributed by atoms with Gasteiger partial charge in [0, 0.05) is 11.1 Å². The number of nitrogens with zero attached hydrogens (tertiary/aromatic N) is 1. The molecule has 0 fully saturated rings. The summed E-state index contributed by atoms with van der Waals surface area (Å²) in [4.78, 5) is 33.7. The smallest absolute Gasteiger partial charge is 0.416 e. The van der Waals surface area contributed by atoms with Gasteiger partial charge in [-0.25, -0.2) is 0 Å². The van der Waals surface area contributed by atoms with Crippen LogP contribution in [-0.2, 0) is 26.9 Å². The van der Waals surface area contributed by atoms with E-state index in [0.717, 1.165) is 30.3 Å². The molecule has 0 aliphatic carbocycles. The molecule has 1 N–H and O–H groups in total. The third kappa shape index (κ3) is 5.95. The number of nitrogens with one attached hydrogen (secondary N) is 1. The number of hydrogen-bond donors (Lipinski definition) is 1. The molecular weight excluding hydrogens is 405 g/mol. The molecule has 2 rings (SSSR count). The van der Waals surface area contributed by atoms with Gasteiger partial charge >= 0.3 is 12.1 Å². The second kappa shape index (κ2) is 8.70. The number of amides is 1. The largest absolute Gasteiger partial charge is 0.455 e. The molecule has 0 spiro atoms. The van der Waals surface area contributed by atoms with Gasteiger partial charge in [0.05, 0.1) is 16.9 Å². The molecular formula is C17H12ClF3N2O5. The normalized spacial score (nSPS) is 11.0. The van der Waals surface area contributed by atoms with E-state index >= 15 is 0 Å². The summed E-state index contributed by atoms with van der Waals surface area (Å²) in [6.45, 7) is -0.723. The first-order valence-electron chi connectivity index (χ1n) is 7.62. The highest BCUT2D eigenvalue weighted by Gasteiger charge is 2.30. The fourth-order valence-corrected chi connectivity index (χ4v) is 2.29. The van der Waals surface area contributed by atoms with Crippen LogP contribution in [0.25, 0.3) is 0 Å².